The smallest absolute Gasteiger partial charge is 0.306 e. The molecule has 0 aromatic rings. The number of ether oxygens (including phenoxy) is 3. The lowest BCUT2D eigenvalue weighted by atomic mass is 10.1. The van der Waals surface area contributed by atoms with Crippen molar-refractivity contribution >= 4 is 17.9 Å². The van der Waals surface area contributed by atoms with E-state index in [4.69, 9.17) is 14.2 Å². The SMILES string of the molecule is CC/C=C\C/C=C\C/C=C\C/C=C\C/C=C\C/C=C\CCCCCCC(=O)OCC(COC(=O)CCCCCCC/C=C\C/C=C\CCC)OC(=O)CCCCCCCCCC/C=C\C/C=C\C/C=C\C/C=C\CC. The van der Waals surface area contributed by atoms with Gasteiger partial charge in [0, 0.05) is 19.3 Å². The molecule has 0 saturated heterocycles. The van der Waals surface area contributed by atoms with Gasteiger partial charge >= 0.3 is 17.9 Å². The summed E-state index contributed by atoms with van der Waals surface area (Å²) >= 11 is 0. The van der Waals surface area contributed by atoms with E-state index in [0.29, 0.717) is 19.3 Å². The molecule has 6 heteroatoms. The predicted octanol–water partition coefficient (Wildman–Crippen LogP) is 20.8. The summed E-state index contributed by atoms with van der Waals surface area (Å²) in [5.41, 5.74) is 0. The lowest BCUT2D eigenvalue weighted by molar-refractivity contribution is -0.167. The Morgan fingerprint density at radius 2 is 0.520 bits per heavy atom. The van der Waals surface area contributed by atoms with Crippen LogP contribution in [0.4, 0.5) is 0 Å². The van der Waals surface area contributed by atoms with Crippen LogP contribution in [0.15, 0.2) is 146 Å². The minimum atomic E-state index is -0.807. The third kappa shape index (κ3) is 60.0. The van der Waals surface area contributed by atoms with Gasteiger partial charge in [-0.3, -0.25) is 14.4 Å². The molecule has 0 bridgehead atoms. The zero-order chi connectivity index (χ0) is 54.3. The molecule has 6 nitrogen and oxygen atoms in total. The second-order valence-electron chi connectivity index (χ2n) is 19.5. The van der Waals surface area contributed by atoms with E-state index in [0.717, 1.165) is 173 Å². The number of carbonyl (C=O) groups excluding carboxylic acids is 3. The molecule has 0 aliphatic carbocycles. The predicted molar refractivity (Wildman–Crippen MR) is 325 cm³/mol. The molecule has 0 fully saturated rings. The number of hydrogen-bond acceptors (Lipinski definition) is 6. The Balaban J connectivity index is 4.46. The normalized spacial score (nSPS) is 13.2. The van der Waals surface area contributed by atoms with Crippen LogP contribution in [-0.4, -0.2) is 37.2 Å². The van der Waals surface area contributed by atoms with Crippen LogP contribution >= 0.6 is 0 Å². The largest absolute Gasteiger partial charge is 0.462 e. The molecule has 75 heavy (non-hydrogen) atoms. The zero-order valence-corrected chi connectivity index (χ0v) is 48.3. The summed E-state index contributed by atoms with van der Waals surface area (Å²) in [5.74, 6) is -0.953. The van der Waals surface area contributed by atoms with Gasteiger partial charge in [-0.1, -0.05) is 244 Å². The first-order chi connectivity index (χ1) is 37.0. The summed E-state index contributed by atoms with van der Waals surface area (Å²) in [4.78, 5) is 38.3. The van der Waals surface area contributed by atoms with Crippen molar-refractivity contribution in [2.75, 3.05) is 13.2 Å². The second-order valence-corrected chi connectivity index (χ2v) is 19.5. The summed E-state index contributed by atoms with van der Waals surface area (Å²) in [5, 5.41) is 0. The average molecular weight is 1040 g/mol. The van der Waals surface area contributed by atoms with Crippen LogP contribution < -0.4 is 0 Å². The molecule has 0 saturated carbocycles. The minimum absolute atomic E-state index is 0.102. The lowest BCUT2D eigenvalue weighted by Gasteiger charge is -2.18. The number of allylic oxidation sites excluding steroid dienone is 24. The van der Waals surface area contributed by atoms with E-state index >= 15 is 0 Å². The highest BCUT2D eigenvalue weighted by Crippen LogP contribution is 2.14. The highest BCUT2D eigenvalue weighted by molar-refractivity contribution is 5.71. The second kappa shape index (κ2) is 61.8. The molecule has 0 radical (unpaired) electrons. The maximum atomic E-state index is 12.9. The fraction of sp³-hybridized carbons (Fsp3) is 0.609. The number of rotatable bonds is 53. The highest BCUT2D eigenvalue weighted by atomic mass is 16.6. The van der Waals surface area contributed by atoms with Gasteiger partial charge in [0.25, 0.3) is 0 Å². The van der Waals surface area contributed by atoms with E-state index in [2.05, 4.69) is 167 Å². The molecule has 0 heterocycles. The first-order valence-corrected chi connectivity index (χ1v) is 30.3. The fourth-order valence-electron chi connectivity index (χ4n) is 7.83. The average Bonchev–Trinajstić information content (AvgIpc) is 3.41. The van der Waals surface area contributed by atoms with Crippen LogP contribution in [0.5, 0.6) is 0 Å². The van der Waals surface area contributed by atoms with Gasteiger partial charge in [-0.15, -0.1) is 0 Å². The summed E-state index contributed by atoms with van der Waals surface area (Å²) in [6, 6.07) is 0. The summed E-state index contributed by atoms with van der Waals surface area (Å²) in [6.07, 6.45) is 88.4. The third-order valence-corrected chi connectivity index (χ3v) is 12.3. The Morgan fingerprint density at radius 3 is 0.813 bits per heavy atom. The van der Waals surface area contributed by atoms with Crippen molar-refractivity contribution in [1.82, 2.24) is 0 Å². The van der Waals surface area contributed by atoms with Gasteiger partial charge in [-0.05, 0) is 135 Å². The Hall–Kier alpha value is -4.71. The van der Waals surface area contributed by atoms with Gasteiger partial charge in [-0.25, -0.2) is 0 Å². The zero-order valence-electron chi connectivity index (χ0n) is 48.3. The van der Waals surface area contributed by atoms with Crippen LogP contribution in [0.25, 0.3) is 0 Å². The number of unbranched alkanes of at least 4 members (excludes halogenated alkanes) is 18. The number of hydrogen-bond donors (Lipinski definition) is 0. The van der Waals surface area contributed by atoms with Crippen molar-refractivity contribution in [3.8, 4) is 0 Å². The monoisotopic (exact) mass is 1030 g/mol. The van der Waals surface area contributed by atoms with E-state index < -0.39 is 6.10 Å². The first kappa shape index (κ1) is 70.3. The lowest BCUT2D eigenvalue weighted by Crippen LogP contribution is -2.30. The van der Waals surface area contributed by atoms with Crippen LogP contribution in [0.1, 0.15) is 252 Å². The quantitative estimate of drug-likeness (QED) is 0.0261. The molecular weight excluding hydrogens is 925 g/mol. The molecule has 0 rings (SSSR count). The maximum Gasteiger partial charge on any atom is 0.306 e. The van der Waals surface area contributed by atoms with Gasteiger partial charge in [0.15, 0.2) is 6.10 Å². The maximum absolute atomic E-state index is 12.9. The van der Waals surface area contributed by atoms with Gasteiger partial charge < -0.3 is 14.2 Å². The molecule has 0 spiro atoms. The Labute approximate surface area is 461 Å². The highest BCUT2D eigenvalue weighted by Gasteiger charge is 2.19. The standard InChI is InChI=1S/C69H110O6/c1-4-7-10-13-16-19-22-25-27-29-31-33-34-36-37-39-41-44-47-50-53-56-59-62-68(71)74-65-66(64-73-67(70)61-58-55-52-49-46-43-24-21-18-15-12-9-6-3)75-69(72)63-60-57-54-51-48-45-42-40-38-35-32-30-28-26-23-20-17-14-11-8-5-2/h7-8,10-12,15-17,19-21,24-28,31-33,35-37,41,44,66H,4-6,9,13-14,18,22-23,29-30,34,38-40,42-43,45-65H2,1-3H3/b10-7-,11-8-,15-12-,19-16-,20-17-,24-21-,27-25-,28-26-,33-31-,35-32-,37-36-,44-41-. The Bertz CT molecular complexity index is 1660. The van der Waals surface area contributed by atoms with E-state index in [1.807, 2.05) is 0 Å². The van der Waals surface area contributed by atoms with Crippen molar-refractivity contribution in [3.63, 3.8) is 0 Å². The van der Waals surface area contributed by atoms with Gasteiger partial charge in [0.2, 0.25) is 0 Å². The number of esters is 3. The third-order valence-electron chi connectivity index (χ3n) is 12.3. The molecule has 0 aromatic heterocycles. The van der Waals surface area contributed by atoms with E-state index in [9.17, 15) is 14.4 Å². The van der Waals surface area contributed by atoms with Crippen molar-refractivity contribution in [2.45, 2.75) is 258 Å². The van der Waals surface area contributed by atoms with Crippen molar-refractivity contribution in [3.05, 3.63) is 146 Å². The molecule has 0 aliphatic rings. The minimum Gasteiger partial charge on any atom is -0.462 e. The van der Waals surface area contributed by atoms with E-state index in [1.165, 1.54) is 38.5 Å². The van der Waals surface area contributed by atoms with Crippen LogP contribution in [0.2, 0.25) is 0 Å². The fourth-order valence-corrected chi connectivity index (χ4v) is 7.83. The van der Waals surface area contributed by atoms with Crippen molar-refractivity contribution in [2.24, 2.45) is 0 Å². The van der Waals surface area contributed by atoms with Crippen molar-refractivity contribution in [1.29, 1.82) is 0 Å². The number of carbonyl (C=O) groups is 3. The molecule has 0 N–H and O–H groups in total. The van der Waals surface area contributed by atoms with Gasteiger partial charge in [0.05, 0.1) is 0 Å². The van der Waals surface area contributed by atoms with Crippen LogP contribution in [-0.2, 0) is 28.6 Å². The molecule has 1 atom stereocenters. The van der Waals surface area contributed by atoms with Crippen LogP contribution in [0, 0.1) is 0 Å². The molecule has 0 aromatic carbocycles. The molecule has 422 valence electrons. The van der Waals surface area contributed by atoms with Gasteiger partial charge in [-0.2, -0.15) is 0 Å². The Kier molecular flexibility index (Phi) is 58.0. The molecule has 0 amide bonds. The summed E-state index contributed by atoms with van der Waals surface area (Å²) < 4.78 is 16.9. The Morgan fingerprint density at radius 1 is 0.280 bits per heavy atom. The van der Waals surface area contributed by atoms with Crippen molar-refractivity contribution < 1.29 is 28.6 Å². The molecular formula is C69H110O6. The first-order valence-electron chi connectivity index (χ1n) is 30.3. The van der Waals surface area contributed by atoms with Crippen LogP contribution in [0.3, 0.4) is 0 Å². The van der Waals surface area contributed by atoms with E-state index in [-0.39, 0.29) is 31.1 Å². The summed E-state index contributed by atoms with van der Waals surface area (Å²) in [6.45, 7) is 6.30. The topological polar surface area (TPSA) is 78.9 Å². The summed E-state index contributed by atoms with van der Waals surface area (Å²) in [7, 11) is 0. The molecule has 0 aliphatic heterocycles. The van der Waals surface area contributed by atoms with E-state index in [1.54, 1.807) is 0 Å². The van der Waals surface area contributed by atoms with Gasteiger partial charge in [0.1, 0.15) is 13.2 Å². The molecule has 1 unspecified atom stereocenters.